The van der Waals surface area contributed by atoms with Gasteiger partial charge < -0.3 is 14.8 Å². The molecule has 1 aliphatic heterocycles. The number of anilines is 2. The molecule has 0 radical (unpaired) electrons. The molecule has 1 N–H and O–H groups in total. The Morgan fingerprint density at radius 3 is 2.52 bits per heavy atom. The molecule has 2 aliphatic rings. The fraction of sp³-hybridized carbons (Fsp3) is 0.440. The number of hydrogen-bond donors (Lipinski definition) is 1. The van der Waals surface area contributed by atoms with Crippen LogP contribution in [0.4, 0.5) is 16.6 Å². The van der Waals surface area contributed by atoms with E-state index in [4.69, 9.17) is 0 Å². The highest BCUT2D eigenvalue weighted by atomic mass is 16.2. The maximum Gasteiger partial charge on any atom is 0.325 e. The molecular weight excluding hydrogens is 414 g/mol. The van der Waals surface area contributed by atoms with Crippen molar-refractivity contribution < 1.29 is 4.79 Å². The van der Waals surface area contributed by atoms with Gasteiger partial charge in [0.05, 0.1) is 24.1 Å². The molecule has 0 unspecified atom stereocenters. The molecule has 8 heteroatoms. The van der Waals surface area contributed by atoms with Gasteiger partial charge in [0.15, 0.2) is 0 Å². The van der Waals surface area contributed by atoms with Gasteiger partial charge in [-0.25, -0.2) is 14.8 Å². The Bertz CT molecular complexity index is 1140. The number of likely N-dealkylation sites (N-methyl/N-ethyl adjacent to an activating group) is 1. The number of nitrogens with zero attached hydrogens (tertiary/aromatic N) is 6. The Morgan fingerprint density at radius 2 is 1.82 bits per heavy atom. The molecule has 0 spiro atoms. The van der Waals surface area contributed by atoms with Gasteiger partial charge in [0.25, 0.3) is 0 Å². The third kappa shape index (κ3) is 4.29. The molecule has 2 aromatic heterocycles. The molecule has 1 aliphatic carbocycles. The monoisotopic (exact) mass is 445 g/mol. The summed E-state index contributed by atoms with van der Waals surface area (Å²) in [7, 11) is 1.83. The van der Waals surface area contributed by atoms with Crippen molar-refractivity contribution in [2.75, 3.05) is 23.8 Å². The second kappa shape index (κ2) is 8.50. The van der Waals surface area contributed by atoms with Crippen molar-refractivity contribution in [1.29, 1.82) is 0 Å². The maximum atomic E-state index is 12.7. The van der Waals surface area contributed by atoms with E-state index < -0.39 is 0 Å². The highest BCUT2D eigenvalue weighted by Crippen LogP contribution is 2.40. The van der Waals surface area contributed by atoms with Crippen LogP contribution in [0.5, 0.6) is 0 Å². The Hall–Kier alpha value is -3.42. The Kier molecular flexibility index (Phi) is 5.52. The third-order valence-electron chi connectivity index (χ3n) is 6.61. The Morgan fingerprint density at radius 1 is 1.06 bits per heavy atom. The van der Waals surface area contributed by atoms with Crippen LogP contribution in [0.25, 0.3) is 5.69 Å². The second-order valence-electron chi connectivity index (χ2n) is 9.52. The fourth-order valence-corrected chi connectivity index (χ4v) is 4.40. The molecule has 3 aromatic rings. The predicted molar refractivity (Wildman–Crippen MR) is 129 cm³/mol. The molecule has 0 bridgehead atoms. The lowest BCUT2D eigenvalue weighted by molar-refractivity contribution is 0.229. The van der Waals surface area contributed by atoms with Crippen molar-refractivity contribution in [2.24, 2.45) is 5.92 Å². The number of nitrogens with one attached hydrogen (secondary N) is 1. The lowest BCUT2D eigenvalue weighted by Crippen LogP contribution is -2.38. The van der Waals surface area contributed by atoms with Crippen LogP contribution >= 0.6 is 0 Å². The van der Waals surface area contributed by atoms with Crippen molar-refractivity contribution in [1.82, 2.24) is 24.4 Å². The normalized spacial score (nSPS) is 19.4. The smallest absolute Gasteiger partial charge is 0.325 e. The van der Waals surface area contributed by atoms with Crippen LogP contribution in [0.3, 0.4) is 0 Å². The standard InChI is InChI=1S/C25H31N7O/c1-16(2)22-14-30(4)25(33)32(22)23-11-12-26-24(29-23)28-17(3)21-13-31(15-27-21)20-9-7-19(8-10-20)18-5-6-18/h7-13,15-18,22H,5-6,14H2,1-4H3,(H,26,28,29)/t17-,22+/m0/s1. The van der Waals surface area contributed by atoms with E-state index in [-0.39, 0.29) is 18.1 Å². The van der Waals surface area contributed by atoms with Gasteiger partial charge in [-0.05, 0) is 55.4 Å². The zero-order valence-corrected chi connectivity index (χ0v) is 19.6. The van der Waals surface area contributed by atoms with Crippen molar-refractivity contribution in [2.45, 2.75) is 51.6 Å². The first-order valence-corrected chi connectivity index (χ1v) is 11.7. The second-order valence-corrected chi connectivity index (χ2v) is 9.52. The Labute approximate surface area is 194 Å². The van der Waals surface area contributed by atoms with E-state index in [1.165, 1.54) is 18.4 Å². The summed E-state index contributed by atoms with van der Waals surface area (Å²) < 4.78 is 2.04. The average Bonchev–Trinajstić information content (AvgIpc) is 3.46. The number of benzene rings is 1. The van der Waals surface area contributed by atoms with Crippen molar-refractivity contribution in [3.8, 4) is 5.69 Å². The zero-order valence-electron chi connectivity index (χ0n) is 19.6. The molecular formula is C25H31N7O. The van der Waals surface area contributed by atoms with E-state index >= 15 is 0 Å². The number of imidazole rings is 1. The summed E-state index contributed by atoms with van der Waals surface area (Å²) >= 11 is 0. The fourth-order valence-electron chi connectivity index (χ4n) is 4.40. The van der Waals surface area contributed by atoms with Gasteiger partial charge in [-0.3, -0.25) is 4.90 Å². The summed E-state index contributed by atoms with van der Waals surface area (Å²) in [4.78, 5) is 29.9. The van der Waals surface area contributed by atoms with Gasteiger partial charge in [0.2, 0.25) is 5.95 Å². The molecule has 172 valence electrons. The SMILES string of the molecule is CC(C)[C@H]1CN(C)C(=O)N1c1ccnc(N[C@@H](C)c2cn(-c3ccc(C4CC4)cc3)cn2)n1. The largest absolute Gasteiger partial charge is 0.346 e. The lowest BCUT2D eigenvalue weighted by Gasteiger charge is -2.25. The zero-order chi connectivity index (χ0) is 23.1. The van der Waals surface area contributed by atoms with Crippen LogP contribution < -0.4 is 10.2 Å². The van der Waals surface area contributed by atoms with Crippen LogP contribution in [0.1, 0.15) is 56.8 Å². The van der Waals surface area contributed by atoms with Crippen LogP contribution in [-0.2, 0) is 0 Å². The quantitative estimate of drug-likeness (QED) is 0.575. The van der Waals surface area contributed by atoms with Gasteiger partial charge in [-0.15, -0.1) is 0 Å². The number of aromatic nitrogens is 4. The molecule has 3 heterocycles. The highest BCUT2D eigenvalue weighted by molar-refractivity contribution is 5.94. The predicted octanol–water partition coefficient (Wildman–Crippen LogP) is 4.61. The lowest BCUT2D eigenvalue weighted by atomic mass is 10.0. The van der Waals surface area contributed by atoms with E-state index in [1.54, 1.807) is 22.1 Å². The van der Waals surface area contributed by atoms with Crippen LogP contribution in [0.2, 0.25) is 0 Å². The average molecular weight is 446 g/mol. The van der Waals surface area contributed by atoms with E-state index in [0.717, 1.165) is 17.3 Å². The molecule has 1 saturated heterocycles. The van der Waals surface area contributed by atoms with Crippen LogP contribution in [0.15, 0.2) is 49.1 Å². The van der Waals surface area contributed by atoms with E-state index in [2.05, 4.69) is 58.4 Å². The number of carbonyl (C=O) groups is 1. The summed E-state index contributed by atoms with van der Waals surface area (Å²) in [6.07, 6.45) is 8.17. The molecule has 8 nitrogen and oxygen atoms in total. The first-order chi connectivity index (χ1) is 15.9. The van der Waals surface area contributed by atoms with Crippen LogP contribution in [0, 0.1) is 5.92 Å². The summed E-state index contributed by atoms with van der Waals surface area (Å²) in [5, 5.41) is 3.34. The van der Waals surface area contributed by atoms with Crippen molar-refractivity contribution >= 4 is 17.8 Å². The van der Waals surface area contributed by atoms with Gasteiger partial charge in [-0.2, -0.15) is 4.98 Å². The third-order valence-corrected chi connectivity index (χ3v) is 6.61. The van der Waals surface area contributed by atoms with Gasteiger partial charge in [0.1, 0.15) is 5.82 Å². The van der Waals surface area contributed by atoms with E-state index in [9.17, 15) is 4.79 Å². The van der Waals surface area contributed by atoms with Crippen molar-refractivity contribution in [3.63, 3.8) is 0 Å². The van der Waals surface area contributed by atoms with Crippen LogP contribution in [-0.4, -0.2) is 50.1 Å². The summed E-state index contributed by atoms with van der Waals surface area (Å²) in [5.74, 6) is 2.18. The van der Waals surface area contributed by atoms with Gasteiger partial charge in [-0.1, -0.05) is 26.0 Å². The first-order valence-electron chi connectivity index (χ1n) is 11.7. The minimum atomic E-state index is -0.0925. The van der Waals surface area contributed by atoms with Gasteiger partial charge in [0, 0.05) is 31.7 Å². The number of carbonyl (C=O) groups excluding carboxylic acids is 1. The van der Waals surface area contributed by atoms with E-state index in [0.29, 0.717) is 24.2 Å². The van der Waals surface area contributed by atoms with E-state index in [1.807, 2.05) is 31.1 Å². The Balaban J connectivity index is 1.30. The molecule has 33 heavy (non-hydrogen) atoms. The molecule has 1 saturated carbocycles. The van der Waals surface area contributed by atoms with Crippen molar-refractivity contribution in [3.05, 3.63) is 60.3 Å². The number of rotatable bonds is 7. The summed E-state index contributed by atoms with van der Waals surface area (Å²) in [6.45, 7) is 6.98. The summed E-state index contributed by atoms with van der Waals surface area (Å²) in [5.41, 5.74) is 3.42. The summed E-state index contributed by atoms with van der Waals surface area (Å²) in [6, 6.07) is 10.5. The minimum absolute atomic E-state index is 0.0298. The maximum absolute atomic E-state index is 12.7. The molecule has 2 atom stereocenters. The topological polar surface area (TPSA) is 79.2 Å². The number of amides is 2. The first kappa shape index (κ1) is 21.4. The highest BCUT2D eigenvalue weighted by Gasteiger charge is 2.38. The molecule has 2 amide bonds. The minimum Gasteiger partial charge on any atom is -0.346 e. The number of urea groups is 1. The molecule has 5 rings (SSSR count). The number of hydrogen-bond acceptors (Lipinski definition) is 5. The van der Waals surface area contributed by atoms with Gasteiger partial charge >= 0.3 is 6.03 Å². The molecule has 1 aromatic carbocycles. The molecule has 2 fully saturated rings.